The number of hydrogen-bond acceptors (Lipinski definition) is 6. The predicted molar refractivity (Wildman–Crippen MR) is 97.0 cm³/mol. The van der Waals surface area contributed by atoms with Crippen molar-refractivity contribution in [3.63, 3.8) is 0 Å². The molecule has 124 valence electrons. The van der Waals surface area contributed by atoms with Gasteiger partial charge in [0, 0.05) is 29.4 Å². The van der Waals surface area contributed by atoms with Gasteiger partial charge in [-0.2, -0.15) is 0 Å². The summed E-state index contributed by atoms with van der Waals surface area (Å²) in [6, 6.07) is 11.8. The zero-order chi connectivity index (χ0) is 16.8. The van der Waals surface area contributed by atoms with Crippen molar-refractivity contribution in [3.8, 4) is 11.5 Å². The lowest BCUT2D eigenvalue weighted by Gasteiger charge is -2.18. The van der Waals surface area contributed by atoms with Crippen molar-refractivity contribution in [2.24, 2.45) is 0 Å². The van der Waals surface area contributed by atoms with Gasteiger partial charge >= 0.3 is 0 Å². The van der Waals surface area contributed by atoms with Crippen LogP contribution in [0, 0.1) is 0 Å². The van der Waals surface area contributed by atoms with Gasteiger partial charge in [-0.15, -0.1) is 11.3 Å². The third-order valence-corrected chi connectivity index (χ3v) is 4.65. The van der Waals surface area contributed by atoms with Crippen LogP contribution in [0.4, 0.5) is 5.82 Å². The molecule has 3 aromatic heterocycles. The second-order valence-electron chi connectivity index (χ2n) is 5.36. The molecule has 1 unspecified atom stereocenters. The van der Waals surface area contributed by atoms with Gasteiger partial charge in [-0.3, -0.25) is 4.98 Å². The Morgan fingerprint density at radius 3 is 2.79 bits per heavy atom. The average molecular weight is 340 g/mol. The molecule has 0 aliphatic heterocycles. The number of aliphatic hydroxyl groups excluding tert-OH is 1. The maximum absolute atomic E-state index is 9.37. The number of aliphatic hydroxyl groups is 1. The third-order valence-electron chi connectivity index (χ3n) is 3.66. The molecular weight excluding hydrogens is 320 g/mol. The molecule has 0 radical (unpaired) electrons. The number of rotatable bonds is 7. The van der Waals surface area contributed by atoms with Crippen LogP contribution in [-0.2, 0) is 6.42 Å². The second-order valence-corrected chi connectivity index (χ2v) is 6.34. The van der Waals surface area contributed by atoms with Crippen molar-refractivity contribution in [1.29, 1.82) is 0 Å². The molecule has 0 aliphatic carbocycles. The van der Waals surface area contributed by atoms with Crippen molar-refractivity contribution in [3.05, 3.63) is 58.5 Å². The minimum absolute atomic E-state index is 0.0335. The number of nitrogens with zero attached hydrogens (tertiary/aromatic N) is 3. The van der Waals surface area contributed by atoms with Crippen LogP contribution in [0.2, 0.25) is 0 Å². The Kier molecular flexibility index (Phi) is 5.51. The molecule has 0 bridgehead atoms. The summed E-state index contributed by atoms with van der Waals surface area (Å²) in [5.74, 6) is 1.38. The Morgan fingerprint density at radius 1 is 1.21 bits per heavy atom. The molecule has 6 heteroatoms. The van der Waals surface area contributed by atoms with Gasteiger partial charge in [0.15, 0.2) is 5.82 Å². The molecule has 0 fully saturated rings. The molecule has 5 nitrogen and oxygen atoms in total. The summed E-state index contributed by atoms with van der Waals surface area (Å²) >= 11 is 1.67. The van der Waals surface area contributed by atoms with E-state index in [0.29, 0.717) is 12.2 Å². The maximum Gasteiger partial charge on any atom is 0.180 e. The van der Waals surface area contributed by atoms with Crippen molar-refractivity contribution >= 4 is 17.2 Å². The molecule has 1 atom stereocenters. The van der Waals surface area contributed by atoms with E-state index in [1.165, 1.54) is 4.88 Å². The first kappa shape index (κ1) is 16.5. The molecule has 0 aromatic carbocycles. The van der Waals surface area contributed by atoms with Crippen molar-refractivity contribution in [2.75, 3.05) is 11.9 Å². The topological polar surface area (TPSA) is 70.9 Å². The number of aromatic nitrogens is 3. The number of hydrogen-bond donors (Lipinski definition) is 2. The minimum atomic E-state index is 0.0335. The molecule has 2 N–H and O–H groups in total. The van der Waals surface area contributed by atoms with Crippen LogP contribution in [-0.4, -0.2) is 26.7 Å². The molecule has 0 saturated carbocycles. The summed E-state index contributed by atoms with van der Waals surface area (Å²) < 4.78 is 0. The number of anilines is 1. The van der Waals surface area contributed by atoms with Gasteiger partial charge in [0.2, 0.25) is 0 Å². The summed E-state index contributed by atoms with van der Waals surface area (Å²) in [6.07, 6.45) is 3.19. The highest BCUT2D eigenvalue weighted by Crippen LogP contribution is 2.26. The van der Waals surface area contributed by atoms with Gasteiger partial charge in [0.05, 0.1) is 6.04 Å². The summed E-state index contributed by atoms with van der Waals surface area (Å²) in [6.45, 7) is 2.19. The molecule has 0 spiro atoms. The van der Waals surface area contributed by atoms with Crippen LogP contribution in [0.25, 0.3) is 11.5 Å². The standard InChI is InChI=1S/C18H20N4OS/c1-2-13-12-17(21-14(8-10-23)16-7-5-11-24-16)22-18(20-13)15-6-3-4-9-19-15/h3-7,9,11-12,14,23H,2,8,10H2,1H3,(H,20,21,22). The highest BCUT2D eigenvalue weighted by molar-refractivity contribution is 7.10. The van der Waals surface area contributed by atoms with Crippen LogP contribution in [0.5, 0.6) is 0 Å². The van der Waals surface area contributed by atoms with Crippen LogP contribution < -0.4 is 5.32 Å². The highest BCUT2D eigenvalue weighted by Gasteiger charge is 2.14. The maximum atomic E-state index is 9.37. The monoisotopic (exact) mass is 340 g/mol. The normalized spacial score (nSPS) is 12.1. The first-order valence-corrected chi connectivity index (χ1v) is 8.88. The lowest BCUT2D eigenvalue weighted by atomic mass is 10.1. The highest BCUT2D eigenvalue weighted by atomic mass is 32.1. The predicted octanol–water partition coefficient (Wildman–Crippen LogP) is 3.70. The lowest BCUT2D eigenvalue weighted by Crippen LogP contribution is -2.13. The Bertz CT molecular complexity index is 762. The van der Waals surface area contributed by atoms with Crippen LogP contribution >= 0.6 is 11.3 Å². The number of pyridine rings is 1. The van der Waals surface area contributed by atoms with Crippen molar-refractivity contribution in [2.45, 2.75) is 25.8 Å². The summed E-state index contributed by atoms with van der Waals surface area (Å²) in [7, 11) is 0. The molecule has 0 amide bonds. The smallest absolute Gasteiger partial charge is 0.180 e. The van der Waals surface area contributed by atoms with Gasteiger partial charge in [-0.25, -0.2) is 9.97 Å². The van der Waals surface area contributed by atoms with E-state index in [9.17, 15) is 5.11 Å². The second kappa shape index (κ2) is 7.99. The summed E-state index contributed by atoms with van der Waals surface area (Å²) in [5.41, 5.74) is 1.72. The van der Waals surface area contributed by atoms with Crippen LogP contribution in [0.15, 0.2) is 48.0 Å². The molecule has 3 rings (SSSR count). The Morgan fingerprint density at radius 2 is 2.12 bits per heavy atom. The largest absolute Gasteiger partial charge is 0.396 e. The Hall–Kier alpha value is -2.31. The van der Waals surface area contributed by atoms with Gasteiger partial charge < -0.3 is 10.4 Å². The molecular formula is C18H20N4OS. The molecule has 0 saturated heterocycles. The SMILES string of the molecule is CCc1cc(NC(CCO)c2cccs2)nc(-c2ccccn2)n1. The Balaban J connectivity index is 1.92. The fourth-order valence-corrected chi connectivity index (χ4v) is 3.26. The van der Waals surface area contributed by atoms with Crippen molar-refractivity contribution in [1.82, 2.24) is 15.0 Å². The summed E-state index contributed by atoms with van der Waals surface area (Å²) in [4.78, 5) is 14.7. The third kappa shape index (κ3) is 3.96. The minimum Gasteiger partial charge on any atom is -0.396 e. The number of thiophene rings is 1. The summed E-state index contributed by atoms with van der Waals surface area (Å²) in [5, 5.41) is 14.8. The fraction of sp³-hybridized carbons (Fsp3) is 0.278. The van der Waals surface area contributed by atoms with Gasteiger partial charge in [0.25, 0.3) is 0 Å². The van der Waals surface area contributed by atoms with E-state index in [-0.39, 0.29) is 12.6 Å². The quantitative estimate of drug-likeness (QED) is 0.686. The van der Waals surface area contributed by atoms with Crippen LogP contribution in [0.3, 0.4) is 0 Å². The average Bonchev–Trinajstić information content (AvgIpc) is 3.16. The molecule has 3 aromatic rings. The zero-order valence-electron chi connectivity index (χ0n) is 13.5. The van der Waals surface area contributed by atoms with Gasteiger partial charge in [0.1, 0.15) is 11.5 Å². The fourth-order valence-electron chi connectivity index (χ4n) is 2.44. The Labute approximate surface area is 145 Å². The number of nitrogens with one attached hydrogen (secondary N) is 1. The van der Waals surface area contributed by atoms with E-state index in [1.807, 2.05) is 35.7 Å². The number of aryl methyl sites for hydroxylation is 1. The molecule has 3 heterocycles. The van der Waals surface area contributed by atoms with E-state index >= 15 is 0 Å². The molecule has 0 aliphatic rings. The van der Waals surface area contributed by atoms with Gasteiger partial charge in [-0.1, -0.05) is 19.1 Å². The van der Waals surface area contributed by atoms with Gasteiger partial charge in [-0.05, 0) is 36.4 Å². The van der Waals surface area contributed by atoms with E-state index in [4.69, 9.17) is 0 Å². The van der Waals surface area contributed by atoms with E-state index in [0.717, 1.165) is 23.6 Å². The first-order valence-electron chi connectivity index (χ1n) is 8.00. The zero-order valence-corrected chi connectivity index (χ0v) is 14.3. The van der Waals surface area contributed by atoms with E-state index in [1.54, 1.807) is 17.5 Å². The van der Waals surface area contributed by atoms with E-state index in [2.05, 4.69) is 33.3 Å². The molecule has 24 heavy (non-hydrogen) atoms. The lowest BCUT2D eigenvalue weighted by molar-refractivity contribution is 0.280. The van der Waals surface area contributed by atoms with Crippen LogP contribution in [0.1, 0.15) is 30.0 Å². The first-order chi connectivity index (χ1) is 11.8. The van der Waals surface area contributed by atoms with Crippen molar-refractivity contribution < 1.29 is 5.11 Å². The van der Waals surface area contributed by atoms with E-state index < -0.39 is 0 Å².